The van der Waals surface area contributed by atoms with Gasteiger partial charge >= 0.3 is 5.69 Å². The van der Waals surface area contributed by atoms with Gasteiger partial charge in [0.25, 0.3) is 0 Å². The summed E-state index contributed by atoms with van der Waals surface area (Å²) < 4.78 is 0. The number of aromatic nitrogens is 2. The van der Waals surface area contributed by atoms with E-state index >= 15 is 0 Å². The fourth-order valence-corrected chi connectivity index (χ4v) is 1.50. The second kappa shape index (κ2) is 5.30. The summed E-state index contributed by atoms with van der Waals surface area (Å²) in [5.41, 5.74) is 0.576. The van der Waals surface area contributed by atoms with Crippen molar-refractivity contribution in [3.8, 4) is 0 Å². The van der Waals surface area contributed by atoms with Gasteiger partial charge in [-0.2, -0.15) is 0 Å². The number of hydrogen-bond acceptors (Lipinski definition) is 6. The fourth-order valence-electron chi connectivity index (χ4n) is 1.50. The van der Waals surface area contributed by atoms with E-state index < -0.39 is 4.92 Å². The van der Waals surface area contributed by atoms with Crippen molar-refractivity contribution in [1.29, 1.82) is 0 Å². The van der Waals surface area contributed by atoms with Crippen LogP contribution in [0.2, 0.25) is 0 Å². The monoisotopic (exact) mass is 259 g/mol. The molecule has 2 heterocycles. The smallest absolute Gasteiger partial charge is 0.311 e. The van der Waals surface area contributed by atoms with Crippen LogP contribution in [-0.4, -0.2) is 29.0 Å². The molecule has 0 radical (unpaired) electrons. The minimum Gasteiger partial charge on any atom is -0.363 e. The Morgan fingerprint density at radius 1 is 1.26 bits per heavy atom. The lowest BCUT2D eigenvalue weighted by molar-refractivity contribution is -0.384. The van der Waals surface area contributed by atoms with E-state index in [1.54, 1.807) is 12.3 Å². The van der Waals surface area contributed by atoms with Crippen molar-refractivity contribution in [3.05, 3.63) is 46.8 Å². The van der Waals surface area contributed by atoms with E-state index in [1.165, 1.54) is 18.3 Å². The maximum atomic E-state index is 10.9. The number of nitrogens with one attached hydrogen (secondary N) is 1. The highest BCUT2D eigenvalue weighted by atomic mass is 16.6. The van der Waals surface area contributed by atoms with E-state index in [1.807, 2.05) is 25.1 Å². The third-order valence-electron chi connectivity index (χ3n) is 2.45. The maximum Gasteiger partial charge on any atom is 0.311 e. The van der Waals surface area contributed by atoms with Crippen LogP contribution in [0.5, 0.6) is 0 Å². The second-order valence-electron chi connectivity index (χ2n) is 4.05. The summed E-state index contributed by atoms with van der Waals surface area (Å²) in [6, 6.07) is 6.53. The quantitative estimate of drug-likeness (QED) is 0.669. The molecule has 2 rings (SSSR count). The molecule has 19 heavy (non-hydrogen) atoms. The van der Waals surface area contributed by atoms with E-state index in [9.17, 15) is 10.1 Å². The van der Waals surface area contributed by atoms with Gasteiger partial charge in [0.15, 0.2) is 0 Å². The highest BCUT2D eigenvalue weighted by molar-refractivity contribution is 5.65. The summed E-state index contributed by atoms with van der Waals surface area (Å²) in [7, 11) is 3.78. The van der Waals surface area contributed by atoms with E-state index in [4.69, 9.17) is 0 Å². The van der Waals surface area contributed by atoms with Gasteiger partial charge < -0.3 is 10.2 Å². The Balaban J connectivity index is 2.24. The van der Waals surface area contributed by atoms with E-state index in [0.717, 1.165) is 5.82 Å². The molecule has 98 valence electrons. The molecule has 0 saturated carbocycles. The Labute approximate surface area is 110 Å². The molecule has 0 bridgehead atoms. The number of hydrogen-bond donors (Lipinski definition) is 1. The van der Waals surface area contributed by atoms with E-state index in [2.05, 4.69) is 15.3 Å². The Bertz CT molecular complexity index is 583. The first-order valence-electron chi connectivity index (χ1n) is 5.58. The molecule has 0 aromatic carbocycles. The van der Waals surface area contributed by atoms with Crippen LogP contribution in [0.15, 0.2) is 36.7 Å². The molecule has 1 N–H and O–H groups in total. The van der Waals surface area contributed by atoms with Crippen molar-refractivity contribution < 1.29 is 4.92 Å². The van der Waals surface area contributed by atoms with E-state index in [0.29, 0.717) is 5.69 Å². The summed E-state index contributed by atoms with van der Waals surface area (Å²) in [6.07, 6.45) is 3.10. The lowest BCUT2D eigenvalue weighted by atomic mass is 10.3. The molecular formula is C12H13N5O2. The van der Waals surface area contributed by atoms with Crippen molar-refractivity contribution in [2.45, 2.75) is 0 Å². The normalized spacial score (nSPS) is 10.0. The third kappa shape index (κ3) is 2.95. The molecule has 0 unspecified atom stereocenters. The molecule has 2 aromatic heterocycles. The molecule has 0 spiro atoms. The van der Waals surface area contributed by atoms with Gasteiger partial charge in [-0.15, -0.1) is 0 Å². The van der Waals surface area contributed by atoms with Gasteiger partial charge in [0, 0.05) is 26.4 Å². The highest BCUT2D eigenvalue weighted by Crippen LogP contribution is 2.24. The van der Waals surface area contributed by atoms with Crippen molar-refractivity contribution in [2.75, 3.05) is 24.3 Å². The molecule has 0 aliphatic heterocycles. The summed E-state index contributed by atoms with van der Waals surface area (Å²) in [6.45, 7) is 0. The Hall–Kier alpha value is -2.70. The maximum absolute atomic E-state index is 10.9. The first-order chi connectivity index (χ1) is 9.08. The first-order valence-corrected chi connectivity index (χ1v) is 5.58. The minimum atomic E-state index is -0.475. The van der Waals surface area contributed by atoms with Crippen LogP contribution in [-0.2, 0) is 0 Å². The molecule has 2 aromatic rings. The third-order valence-corrected chi connectivity index (χ3v) is 2.45. The van der Waals surface area contributed by atoms with Gasteiger partial charge in [-0.3, -0.25) is 10.1 Å². The zero-order valence-electron chi connectivity index (χ0n) is 10.6. The lowest BCUT2D eigenvalue weighted by Gasteiger charge is -2.11. The predicted molar refractivity (Wildman–Crippen MR) is 72.7 cm³/mol. The van der Waals surface area contributed by atoms with Crippen LogP contribution in [0.3, 0.4) is 0 Å². The summed E-state index contributed by atoms with van der Waals surface area (Å²) >= 11 is 0. The van der Waals surface area contributed by atoms with Crippen molar-refractivity contribution in [2.24, 2.45) is 0 Å². The molecule has 0 amide bonds. The fraction of sp³-hybridized carbons (Fsp3) is 0.167. The first kappa shape index (κ1) is 12.7. The van der Waals surface area contributed by atoms with Crippen molar-refractivity contribution >= 4 is 23.0 Å². The largest absolute Gasteiger partial charge is 0.363 e. The number of rotatable bonds is 4. The summed E-state index contributed by atoms with van der Waals surface area (Å²) in [5, 5.41) is 13.7. The van der Waals surface area contributed by atoms with Crippen LogP contribution in [0.25, 0.3) is 0 Å². The predicted octanol–water partition coefficient (Wildman–Crippen LogP) is 2.19. The molecule has 7 heteroatoms. The zero-order chi connectivity index (χ0) is 13.8. The van der Waals surface area contributed by atoms with Gasteiger partial charge in [-0.25, -0.2) is 9.97 Å². The SMILES string of the molecule is CN(C)c1ccc(Nc2ncccc2[N+](=O)[O-])cn1. The topological polar surface area (TPSA) is 84.2 Å². The average Bonchev–Trinajstić information content (AvgIpc) is 2.39. The summed E-state index contributed by atoms with van der Waals surface area (Å²) in [4.78, 5) is 20.4. The van der Waals surface area contributed by atoms with Crippen molar-refractivity contribution in [3.63, 3.8) is 0 Å². The van der Waals surface area contributed by atoms with Crippen LogP contribution in [0.4, 0.5) is 23.0 Å². The van der Waals surface area contributed by atoms with Crippen LogP contribution in [0, 0.1) is 10.1 Å². The van der Waals surface area contributed by atoms with E-state index in [-0.39, 0.29) is 11.5 Å². The van der Waals surface area contributed by atoms with Gasteiger partial charge in [-0.1, -0.05) is 0 Å². The Morgan fingerprint density at radius 2 is 2.05 bits per heavy atom. The molecule has 7 nitrogen and oxygen atoms in total. The van der Waals surface area contributed by atoms with Gasteiger partial charge in [0.05, 0.1) is 16.8 Å². The van der Waals surface area contributed by atoms with Crippen molar-refractivity contribution in [1.82, 2.24) is 9.97 Å². The van der Waals surface area contributed by atoms with Crippen LogP contribution < -0.4 is 10.2 Å². The Morgan fingerprint density at radius 3 is 2.63 bits per heavy atom. The number of nitro groups is 1. The standard InChI is InChI=1S/C12H13N5O2/c1-16(2)11-6-5-9(8-14-11)15-12-10(17(18)19)4-3-7-13-12/h3-8H,1-2H3,(H,13,15). The van der Waals surface area contributed by atoms with Crippen LogP contribution >= 0.6 is 0 Å². The average molecular weight is 259 g/mol. The molecule has 0 saturated heterocycles. The molecule has 0 fully saturated rings. The highest BCUT2D eigenvalue weighted by Gasteiger charge is 2.14. The molecule has 0 aliphatic rings. The zero-order valence-corrected chi connectivity index (χ0v) is 10.6. The molecule has 0 aliphatic carbocycles. The lowest BCUT2D eigenvalue weighted by Crippen LogP contribution is -2.10. The van der Waals surface area contributed by atoms with Gasteiger partial charge in [0.2, 0.25) is 5.82 Å². The minimum absolute atomic E-state index is 0.0702. The Kier molecular flexibility index (Phi) is 3.56. The van der Waals surface area contributed by atoms with Gasteiger partial charge in [0.1, 0.15) is 5.82 Å². The number of pyridine rings is 2. The number of anilines is 3. The van der Waals surface area contributed by atoms with Gasteiger partial charge in [-0.05, 0) is 18.2 Å². The summed E-state index contributed by atoms with van der Waals surface area (Å²) in [5.74, 6) is 1.01. The second-order valence-corrected chi connectivity index (χ2v) is 4.05. The van der Waals surface area contributed by atoms with Crippen LogP contribution in [0.1, 0.15) is 0 Å². The molecule has 0 atom stereocenters. The number of nitrogens with zero attached hydrogens (tertiary/aromatic N) is 4. The molecular weight excluding hydrogens is 246 g/mol.